The Morgan fingerprint density at radius 2 is 1.88 bits per heavy atom. The van der Waals surface area contributed by atoms with Gasteiger partial charge in [0.15, 0.2) is 5.69 Å². The second-order valence-corrected chi connectivity index (χ2v) is 3.76. The Labute approximate surface area is 99.9 Å². The van der Waals surface area contributed by atoms with Crippen LogP contribution in [0.4, 0.5) is 0 Å². The molecular weight excluding hydrogens is 216 g/mol. The first-order chi connectivity index (χ1) is 8.15. The maximum atomic E-state index is 11.5. The molecule has 0 bridgehead atoms. The molecule has 0 unspecified atom stereocenters. The van der Waals surface area contributed by atoms with Crippen LogP contribution in [0.3, 0.4) is 0 Å². The monoisotopic (exact) mass is 230 g/mol. The fourth-order valence-corrected chi connectivity index (χ4v) is 1.89. The van der Waals surface area contributed by atoms with E-state index in [-0.39, 0.29) is 0 Å². The van der Waals surface area contributed by atoms with Gasteiger partial charge in [0.2, 0.25) is 0 Å². The summed E-state index contributed by atoms with van der Waals surface area (Å²) >= 11 is 0. The number of ether oxygens (including phenoxy) is 1. The molecule has 0 N–H and O–H groups in total. The van der Waals surface area contributed by atoms with Crippen LogP contribution in [0.2, 0.25) is 0 Å². The summed E-state index contributed by atoms with van der Waals surface area (Å²) in [6.45, 7) is 3.73. The minimum atomic E-state index is -0.403. The number of hydrogen-bond acceptors (Lipinski definition) is 3. The molecule has 1 aromatic carbocycles. The van der Waals surface area contributed by atoms with Crippen LogP contribution in [0.5, 0.6) is 0 Å². The molecule has 2 rings (SSSR count). The number of rotatable bonds is 2. The standard InChI is InChI=1S/C13H14N2O2/c1-9-12(13(16)17-3)14-10(2)15(9)11-7-5-4-6-8-11/h4-8H,1-3H3. The summed E-state index contributed by atoms with van der Waals surface area (Å²) in [5, 5.41) is 0. The molecule has 2 aromatic rings. The molecule has 0 aliphatic rings. The molecule has 88 valence electrons. The third kappa shape index (κ3) is 1.93. The third-order valence-corrected chi connectivity index (χ3v) is 2.67. The predicted molar refractivity (Wildman–Crippen MR) is 64.4 cm³/mol. The Bertz CT molecular complexity index is 544. The SMILES string of the molecule is COC(=O)c1nc(C)n(-c2ccccc2)c1C. The lowest BCUT2D eigenvalue weighted by Crippen LogP contribution is -2.05. The lowest BCUT2D eigenvalue weighted by molar-refractivity contribution is 0.0593. The largest absolute Gasteiger partial charge is 0.464 e. The van der Waals surface area contributed by atoms with Crippen molar-refractivity contribution in [3.05, 3.63) is 47.5 Å². The average molecular weight is 230 g/mol. The summed E-state index contributed by atoms with van der Waals surface area (Å²) in [6.07, 6.45) is 0. The molecule has 0 spiro atoms. The number of aromatic nitrogens is 2. The van der Waals surface area contributed by atoms with Gasteiger partial charge in [-0.25, -0.2) is 9.78 Å². The van der Waals surface area contributed by atoms with E-state index >= 15 is 0 Å². The zero-order valence-corrected chi connectivity index (χ0v) is 10.1. The van der Waals surface area contributed by atoms with Crippen LogP contribution >= 0.6 is 0 Å². The molecular formula is C13H14N2O2. The van der Waals surface area contributed by atoms with E-state index in [2.05, 4.69) is 4.98 Å². The number of benzene rings is 1. The average Bonchev–Trinajstić information content (AvgIpc) is 2.65. The topological polar surface area (TPSA) is 44.1 Å². The van der Waals surface area contributed by atoms with Crippen molar-refractivity contribution in [2.75, 3.05) is 7.11 Å². The maximum absolute atomic E-state index is 11.5. The Morgan fingerprint density at radius 3 is 2.47 bits per heavy atom. The maximum Gasteiger partial charge on any atom is 0.358 e. The molecule has 0 amide bonds. The van der Waals surface area contributed by atoms with Gasteiger partial charge in [-0.05, 0) is 26.0 Å². The van der Waals surface area contributed by atoms with Crippen molar-refractivity contribution in [1.29, 1.82) is 0 Å². The number of nitrogens with zero attached hydrogens (tertiary/aromatic N) is 2. The van der Waals surface area contributed by atoms with Gasteiger partial charge in [0.05, 0.1) is 12.8 Å². The number of hydrogen-bond donors (Lipinski definition) is 0. The summed E-state index contributed by atoms with van der Waals surface area (Å²) in [4.78, 5) is 15.8. The van der Waals surface area contributed by atoms with E-state index in [1.54, 1.807) is 0 Å². The second-order valence-electron chi connectivity index (χ2n) is 3.76. The molecule has 4 heteroatoms. The second kappa shape index (κ2) is 4.41. The van der Waals surface area contributed by atoms with Crippen molar-refractivity contribution < 1.29 is 9.53 Å². The molecule has 0 saturated carbocycles. The minimum absolute atomic E-state index is 0.369. The Hall–Kier alpha value is -2.10. The molecule has 1 aromatic heterocycles. The van der Waals surface area contributed by atoms with Gasteiger partial charge in [0, 0.05) is 5.69 Å². The number of carbonyl (C=O) groups excluding carboxylic acids is 1. The highest BCUT2D eigenvalue weighted by Gasteiger charge is 2.18. The quantitative estimate of drug-likeness (QED) is 0.743. The highest BCUT2D eigenvalue weighted by molar-refractivity contribution is 5.88. The summed E-state index contributed by atoms with van der Waals surface area (Å²) in [7, 11) is 1.36. The van der Waals surface area contributed by atoms with E-state index in [4.69, 9.17) is 4.74 Å². The lowest BCUT2D eigenvalue weighted by atomic mass is 10.3. The van der Waals surface area contributed by atoms with Gasteiger partial charge in [-0.2, -0.15) is 0 Å². The predicted octanol–water partition coefficient (Wildman–Crippen LogP) is 2.28. The molecule has 0 atom stereocenters. The summed E-state index contributed by atoms with van der Waals surface area (Å²) in [5.74, 6) is 0.370. The van der Waals surface area contributed by atoms with E-state index in [1.807, 2.05) is 48.7 Å². The number of methoxy groups -OCH3 is 1. The summed E-state index contributed by atoms with van der Waals surface area (Å²) < 4.78 is 6.64. The number of imidazole rings is 1. The van der Waals surface area contributed by atoms with Crippen LogP contribution in [0.25, 0.3) is 5.69 Å². The Balaban J connectivity index is 2.57. The van der Waals surface area contributed by atoms with Crippen LogP contribution in [-0.2, 0) is 4.74 Å². The van der Waals surface area contributed by atoms with E-state index in [0.29, 0.717) is 5.69 Å². The van der Waals surface area contributed by atoms with Gasteiger partial charge in [-0.1, -0.05) is 18.2 Å². The number of carbonyl (C=O) groups is 1. The molecule has 0 fully saturated rings. The number of aryl methyl sites for hydroxylation is 1. The van der Waals surface area contributed by atoms with Crippen LogP contribution in [-0.4, -0.2) is 22.6 Å². The highest BCUT2D eigenvalue weighted by Crippen LogP contribution is 2.17. The van der Waals surface area contributed by atoms with Crippen molar-refractivity contribution >= 4 is 5.97 Å². The van der Waals surface area contributed by atoms with Crippen molar-refractivity contribution in [2.24, 2.45) is 0 Å². The fourth-order valence-electron chi connectivity index (χ4n) is 1.89. The van der Waals surface area contributed by atoms with Crippen LogP contribution in [0.1, 0.15) is 22.0 Å². The smallest absolute Gasteiger partial charge is 0.358 e. The van der Waals surface area contributed by atoms with Gasteiger partial charge in [-0.3, -0.25) is 0 Å². The first-order valence-electron chi connectivity index (χ1n) is 5.35. The van der Waals surface area contributed by atoms with Crippen molar-refractivity contribution in [3.8, 4) is 5.69 Å². The molecule has 0 aliphatic heterocycles. The van der Waals surface area contributed by atoms with E-state index < -0.39 is 5.97 Å². The summed E-state index contributed by atoms with van der Waals surface area (Å²) in [5.41, 5.74) is 2.15. The normalized spacial score (nSPS) is 10.3. The van der Waals surface area contributed by atoms with Gasteiger partial charge in [0.25, 0.3) is 0 Å². The van der Waals surface area contributed by atoms with Crippen LogP contribution in [0, 0.1) is 13.8 Å². The van der Waals surface area contributed by atoms with Gasteiger partial charge >= 0.3 is 5.97 Å². The van der Waals surface area contributed by atoms with Gasteiger partial charge in [-0.15, -0.1) is 0 Å². The Morgan fingerprint density at radius 1 is 1.24 bits per heavy atom. The first kappa shape index (κ1) is 11.4. The molecule has 0 aliphatic carbocycles. The molecule has 1 heterocycles. The third-order valence-electron chi connectivity index (χ3n) is 2.67. The van der Waals surface area contributed by atoms with Crippen molar-refractivity contribution in [3.63, 3.8) is 0 Å². The molecule has 4 nitrogen and oxygen atoms in total. The fraction of sp³-hybridized carbons (Fsp3) is 0.231. The van der Waals surface area contributed by atoms with Crippen LogP contribution in [0.15, 0.2) is 30.3 Å². The molecule has 17 heavy (non-hydrogen) atoms. The molecule has 0 saturated heterocycles. The summed E-state index contributed by atoms with van der Waals surface area (Å²) in [6, 6.07) is 9.80. The van der Waals surface area contributed by atoms with Crippen molar-refractivity contribution in [1.82, 2.24) is 9.55 Å². The first-order valence-corrected chi connectivity index (χ1v) is 5.35. The van der Waals surface area contributed by atoms with Crippen LogP contribution < -0.4 is 0 Å². The van der Waals surface area contributed by atoms with E-state index in [9.17, 15) is 4.79 Å². The zero-order chi connectivity index (χ0) is 12.4. The minimum Gasteiger partial charge on any atom is -0.464 e. The van der Waals surface area contributed by atoms with E-state index in [0.717, 1.165) is 17.2 Å². The van der Waals surface area contributed by atoms with Crippen molar-refractivity contribution in [2.45, 2.75) is 13.8 Å². The molecule has 0 radical (unpaired) electrons. The van der Waals surface area contributed by atoms with Gasteiger partial charge in [0.1, 0.15) is 5.82 Å². The van der Waals surface area contributed by atoms with E-state index in [1.165, 1.54) is 7.11 Å². The highest BCUT2D eigenvalue weighted by atomic mass is 16.5. The number of esters is 1. The zero-order valence-electron chi connectivity index (χ0n) is 10.1. The Kier molecular flexibility index (Phi) is 2.95. The lowest BCUT2D eigenvalue weighted by Gasteiger charge is -2.07. The van der Waals surface area contributed by atoms with Gasteiger partial charge < -0.3 is 9.30 Å². The number of para-hydroxylation sites is 1.